The summed E-state index contributed by atoms with van der Waals surface area (Å²) in [5.74, 6) is -0.340. The van der Waals surface area contributed by atoms with Crippen LogP contribution < -0.4 is 0 Å². The van der Waals surface area contributed by atoms with Crippen molar-refractivity contribution in [1.29, 1.82) is 0 Å². The Kier molecular flexibility index (Phi) is 7.16. The van der Waals surface area contributed by atoms with Crippen LogP contribution in [-0.2, 0) is 11.2 Å². The van der Waals surface area contributed by atoms with E-state index < -0.39 is 11.6 Å². The number of hydrogen-bond donors (Lipinski definition) is 0. The van der Waals surface area contributed by atoms with Gasteiger partial charge in [-0.25, -0.2) is 8.78 Å². The van der Waals surface area contributed by atoms with Crippen molar-refractivity contribution < 1.29 is 13.6 Å². The number of benzene rings is 1. The molecule has 3 nitrogen and oxygen atoms in total. The average Bonchev–Trinajstić information content (AvgIpc) is 2.55. The number of piperidine rings is 1. The van der Waals surface area contributed by atoms with Gasteiger partial charge in [0.1, 0.15) is 11.6 Å². The van der Waals surface area contributed by atoms with E-state index in [1.807, 2.05) is 18.7 Å². The molecule has 1 aliphatic heterocycles. The molecule has 1 fully saturated rings. The summed E-state index contributed by atoms with van der Waals surface area (Å²) in [6.07, 6.45) is 3.67. The number of rotatable bonds is 7. The van der Waals surface area contributed by atoms with Gasteiger partial charge in [0.25, 0.3) is 0 Å². The molecule has 1 aliphatic rings. The molecule has 0 bridgehead atoms. The minimum absolute atomic E-state index is 0.185. The summed E-state index contributed by atoms with van der Waals surface area (Å²) < 4.78 is 26.7. The molecule has 5 heteroatoms. The molecule has 0 aliphatic carbocycles. The summed E-state index contributed by atoms with van der Waals surface area (Å²) in [6.45, 7) is 7.80. The molecule has 0 spiro atoms. The van der Waals surface area contributed by atoms with Gasteiger partial charge in [0.05, 0.1) is 6.54 Å². The molecule has 1 unspecified atom stereocenters. The van der Waals surface area contributed by atoms with Crippen molar-refractivity contribution in [2.75, 3.05) is 32.7 Å². The van der Waals surface area contributed by atoms with Crippen LogP contribution in [0.5, 0.6) is 0 Å². The van der Waals surface area contributed by atoms with Crippen LogP contribution in [0, 0.1) is 17.6 Å². The lowest BCUT2D eigenvalue weighted by molar-refractivity contribution is -0.132. The molecule has 0 saturated carbocycles. The minimum Gasteiger partial charge on any atom is -0.342 e. The Bertz CT molecular complexity index is 546. The smallest absolute Gasteiger partial charge is 0.236 e. The second-order valence-electron chi connectivity index (χ2n) is 6.58. The molecule has 1 heterocycles. The Balaban J connectivity index is 1.83. The second kappa shape index (κ2) is 9.11. The lowest BCUT2D eigenvalue weighted by Crippen LogP contribution is -2.44. The van der Waals surface area contributed by atoms with E-state index in [-0.39, 0.29) is 5.91 Å². The van der Waals surface area contributed by atoms with Crippen LogP contribution in [0.25, 0.3) is 0 Å². The first-order chi connectivity index (χ1) is 11.5. The van der Waals surface area contributed by atoms with Gasteiger partial charge in [-0.2, -0.15) is 0 Å². The van der Waals surface area contributed by atoms with E-state index >= 15 is 0 Å². The molecule has 1 amide bonds. The largest absolute Gasteiger partial charge is 0.342 e. The number of hydrogen-bond acceptors (Lipinski definition) is 2. The van der Waals surface area contributed by atoms with Gasteiger partial charge in [-0.3, -0.25) is 9.69 Å². The van der Waals surface area contributed by atoms with Crippen molar-refractivity contribution in [3.05, 3.63) is 35.4 Å². The average molecular weight is 338 g/mol. The van der Waals surface area contributed by atoms with Crippen molar-refractivity contribution in [2.24, 2.45) is 5.92 Å². The number of nitrogens with zero attached hydrogens (tertiary/aromatic N) is 2. The number of halogens is 2. The maximum atomic E-state index is 13.7. The van der Waals surface area contributed by atoms with Crippen molar-refractivity contribution in [3.63, 3.8) is 0 Å². The van der Waals surface area contributed by atoms with Crippen LogP contribution in [0.15, 0.2) is 18.2 Å². The minimum atomic E-state index is -0.532. The summed E-state index contributed by atoms with van der Waals surface area (Å²) in [4.78, 5) is 16.3. The molecule has 1 atom stereocenters. The van der Waals surface area contributed by atoms with Crippen molar-refractivity contribution in [1.82, 2.24) is 9.80 Å². The molecule has 0 aromatic heterocycles. The SMILES string of the molecule is CCN(CC)C(=O)CN1CCCC(CCc2ccc(F)cc2F)C1. The molecule has 134 valence electrons. The van der Waals surface area contributed by atoms with E-state index in [1.54, 1.807) is 0 Å². The Morgan fingerprint density at radius 2 is 2.04 bits per heavy atom. The van der Waals surface area contributed by atoms with Gasteiger partial charge in [0, 0.05) is 25.7 Å². The van der Waals surface area contributed by atoms with Crippen LogP contribution in [-0.4, -0.2) is 48.4 Å². The van der Waals surface area contributed by atoms with Crippen LogP contribution in [0.1, 0.15) is 38.7 Å². The van der Waals surface area contributed by atoms with Crippen LogP contribution in [0.4, 0.5) is 8.78 Å². The Morgan fingerprint density at radius 1 is 1.29 bits per heavy atom. The predicted molar refractivity (Wildman–Crippen MR) is 91.8 cm³/mol. The highest BCUT2D eigenvalue weighted by Crippen LogP contribution is 2.22. The van der Waals surface area contributed by atoms with Crippen molar-refractivity contribution >= 4 is 5.91 Å². The van der Waals surface area contributed by atoms with E-state index in [0.717, 1.165) is 51.5 Å². The first-order valence-electron chi connectivity index (χ1n) is 8.97. The summed E-state index contributed by atoms with van der Waals surface area (Å²) in [6, 6.07) is 3.80. The molecular weight excluding hydrogens is 310 g/mol. The summed E-state index contributed by atoms with van der Waals surface area (Å²) in [5, 5.41) is 0. The fraction of sp³-hybridized carbons (Fsp3) is 0.632. The summed E-state index contributed by atoms with van der Waals surface area (Å²) >= 11 is 0. The van der Waals surface area contributed by atoms with Gasteiger partial charge in [0.15, 0.2) is 0 Å². The van der Waals surface area contributed by atoms with Gasteiger partial charge < -0.3 is 4.90 Å². The van der Waals surface area contributed by atoms with Crippen molar-refractivity contribution in [2.45, 2.75) is 39.5 Å². The first-order valence-corrected chi connectivity index (χ1v) is 8.97. The van der Waals surface area contributed by atoms with Gasteiger partial charge in [-0.15, -0.1) is 0 Å². The number of likely N-dealkylation sites (tertiary alicyclic amines) is 1. The highest BCUT2D eigenvalue weighted by molar-refractivity contribution is 5.78. The molecule has 0 N–H and O–H groups in total. The zero-order valence-electron chi connectivity index (χ0n) is 14.7. The normalized spacial score (nSPS) is 18.6. The van der Waals surface area contributed by atoms with Gasteiger partial charge >= 0.3 is 0 Å². The number of aryl methyl sites for hydroxylation is 1. The number of carbonyl (C=O) groups is 1. The van der Waals surface area contributed by atoms with Gasteiger partial charge in [0.2, 0.25) is 5.91 Å². The third-order valence-electron chi connectivity index (χ3n) is 4.92. The zero-order valence-corrected chi connectivity index (χ0v) is 14.7. The lowest BCUT2D eigenvalue weighted by atomic mass is 9.91. The van der Waals surface area contributed by atoms with E-state index in [0.29, 0.717) is 24.4 Å². The molecule has 1 aromatic carbocycles. The highest BCUT2D eigenvalue weighted by atomic mass is 19.1. The third-order valence-corrected chi connectivity index (χ3v) is 4.92. The maximum absolute atomic E-state index is 13.7. The van der Waals surface area contributed by atoms with Crippen molar-refractivity contribution in [3.8, 4) is 0 Å². The van der Waals surface area contributed by atoms with E-state index in [2.05, 4.69) is 4.90 Å². The quantitative estimate of drug-likeness (QED) is 0.760. The standard InChI is InChI=1S/C19H28F2N2O/c1-3-23(4-2)19(24)14-22-11-5-6-15(13-22)7-8-16-9-10-17(20)12-18(16)21/h9-10,12,15H,3-8,11,13-14H2,1-2H3. The molecule has 24 heavy (non-hydrogen) atoms. The zero-order chi connectivity index (χ0) is 17.5. The van der Waals surface area contributed by atoms with Gasteiger partial charge in [-0.1, -0.05) is 6.07 Å². The first kappa shape index (κ1) is 18.8. The van der Waals surface area contributed by atoms with Crippen LogP contribution in [0.2, 0.25) is 0 Å². The number of amides is 1. The summed E-state index contributed by atoms with van der Waals surface area (Å²) in [7, 11) is 0. The van der Waals surface area contributed by atoms with Crippen LogP contribution in [0.3, 0.4) is 0 Å². The van der Waals surface area contributed by atoms with Gasteiger partial charge in [-0.05, 0) is 63.6 Å². The summed E-state index contributed by atoms with van der Waals surface area (Å²) in [5.41, 5.74) is 0.577. The fourth-order valence-electron chi connectivity index (χ4n) is 3.48. The van der Waals surface area contributed by atoms with E-state index in [4.69, 9.17) is 0 Å². The molecule has 1 saturated heterocycles. The molecular formula is C19H28F2N2O. The number of likely N-dealkylation sites (N-methyl/N-ethyl adjacent to an activating group) is 1. The third kappa shape index (κ3) is 5.26. The Labute approximate surface area is 143 Å². The number of carbonyl (C=O) groups excluding carboxylic acids is 1. The molecule has 1 aromatic rings. The second-order valence-corrected chi connectivity index (χ2v) is 6.58. The fourth-order valence-corrected chi connectivity index (χ4v) is 3.48. The molecule has 2 rings (SSSR count). The maximum Gasteiger partial charge on any atom is 0.236 e. The van der Waals surface area contributed by atoms with E-state index in [9.17, 15) is 13.6 Å². The predicted octanol–water partition coefficient (Wildman–Crippen LogP) is 3.48. The highest BCUT2D eigenvalue weighted by Gasteiger charge is 2.23. The molecule has 0 radical (unpaired) electrons. The van der Waals surface area contributed by atoms with Crippen LogP contribution >= 0.6 is 0 Å². The topological polar surface area (TPSA) is 23.6 Å². The Morgan fingerprint density at radius 3 is 2.71 bits per heavy atom. The monoisotopic (exact) mass is 338 g/mol. The van der Waals surface area contributed by atoms with E-state index in [1.165, 1.54) is 12.1 Å². The lowest BCUT2D eigenvalue weighted by Gasteiger charge is -2.33. The Hall–Kier alpha value is -1.49.